The van der Waals surface area contributed by atoms with E-state index in [1.54, 1.807) is 24.3 Å². The predicted molar refractivity (Wildman–Crippen MR) is 122 cm³/mol. The molecule has 0 aliphatic rings. The van der Waals surface area contributed by atoms with Gasteiger partial charge in [-0.1, -0.05) is 30.3 Å². The fourth-order valence-electron chi connectivity index (χ4n) is 3.24. The average Bonchev–Trinajstić information content (AvgIpc) is 2.80. The summed E-state index contributed by atoms with van der Waals surface area (Å²) < 4.78 is 10.1. The van der Waals surface area contributed by atoms with Gasteiger partial charge in [0.05, 0.1) is 32.8 Å². The number of carbonyl (C=O) groups is 5. The maximum absolute atomic E-state index is 11.9. The van der Waals surface area contributed by atoms with E-state index in [1.807, 2.05) is 6.07 Å². The minimum absolute atomic E-state index is 0.0227. The molecule has 1 rings (SSSR count). The van der Waals surface area contributed by atoms with Crippen LogP contribution in [0.4, 0.5) is 0 Å². The Morgan fingerprint density at radius 1 is 0.806 bits per heavy atom. The Morgan fingerprint density at radius 2 is 1.36 bits per heavy atom. The summed E-state index contributed by atoms with van der Waals surface area (Å²) in [6, 6.07) is 7.69. The van der Waals surface area contributed by atoms with Gasteiger partial charge in [-0.2, -0.15) is 0 Å². The van der Waals surface area contributed by atoms with Crippen molar-refractivity contribution in [1.29, 1.82) is 0 Å². The summed E-state index contributed by atoms with van der Waals surface area (Å²) in [6.07, 6.45) is 0. The summed E-state index contributed by atoms with van der Waals surface area (Å²) in [7, 11) is 0. The van der Waals surface area contributed by atoms with Gasteiger partial charge in [-0.25, -0.2) is 0 Å². The molecule has 0 aromatic heterocycles. The zero-order chi connectivity index (χ0) is 26.9. The topological polar surface area (TPSA) is 194 Å². The summed E-state index contributed by atoms with van der Waals surface area (Å²) >= 11 is 0. The number of carboxylic acids is 4. The molecular formula is C22H31N3O11. The number of ether oxygens (including phenoxy) is 2. The molecular weight excluding hydrogens is 482 g/mol. The highest BCUT2D eigenvalue weighted by atomic mass is 16.5. The van der Waals surface area contributed by atoms with Gasteiger partial charge in [0.1, 0.15) is 12.8 Å². The molecule has 0 radical (unpaired) electrons. The summed E-state index contributed by atoms with van der Waals surface area (Å²) in [5, 5.41) is 37.2. The van der Waals surface area contributed by atoms with Gasteiger partial charge >= 0.3 is 23.9 Å². The lowest BCUT2D eigenvalue weighted by atomic mass is 10.2. The van der Waals surface area contributed by atoms with Crippen molar-refractivity contribution >= 4 is 30.3 Å². The molecule has 36 heavy (non-hydrogen) atoms. The van der Waals surface area contributed by atoms with Crippen LogP contribution in [0.5, 0.6) is 0 Å². The summed E-state index contributed by atoms with van der Waals surface area (Å²) in [5.41, 5.74) is 0.809. The Bertz CT molecular complexity index is 853. The van der Waals surface area contributed by atoms with Crippen LogP contribution in [0.3, 0.4) is 0 Å². The number of aliphatic carboxylic acids is 4. The predicted octanol–water partition coefficient (Wildman–Crippen LogP) is -1.05. The highest BCUT2D eigenvalue weighted by Gasteiger charge is 2.28. The Hall–Kier alpha value is -3.59. The Morgan fingerprint density at radius 3 is 1.92 bits per heavy atom. The van der Waals surface area contributed by atoms with Crippen molar-refractivity contribution in [3.8, 4) is 0 Å². The van der Waals surface area contributed by atoms with Crippen LogP contribution in [0.15, 0.2) is 30.3 Å². The third kappa shape index (κ3) is 13.3. The normalized spacial score (nSPS) is 12.0. The molecule has 14 nitrogen and oxygen atoms in total. The van der Waals surface area contributed by atoms with Crippen molar-refractivity contribution in [2.45, 2.75) is 12.6 Å². The maximum atomic E-state index is 11.9. The van der Waals surface area contributed by atoms with Gasteiger partial charge in [-0.15, -0.1) is 0 Å². The van der Waals surface area contributed by atoms with E-state index in [9.17, 15) is 39.3 Å². The van der Waals surface area contributed by atoms with Gasteiger partial charge < -0.3 is 29.9 Å². The lowest BCUT2D eigenvalue weighted by molar-refractivity contribution is -0.149. The summed E-state index contributed by atoms with van der Waals surface area (Å²) in [6.45, 7) is -1.97. The van der Waals surface area contributed by atoms with Crippen molar-refractivity contribution in [1.82, 2.24) is 14.7 Å². The van der Waals surface area contributed by atoms with Crippen LogP contribution in [-0.2, 0) is 40.1 Å². The molecule has 0 spiro atoms. The van der Waals surface area contributed by atoms with E-state index in [0.29, 0.717) is 0 Å². The summed E-state index contributed by atoms with van der Waals surface area (Å²) in [4.78, 5) is 59.8. The van der Waals surface area contributed by atoms with Gasteiger partial charge in [0, 0.05) is 26.2 Å². The number of carboxylic acid groups (broad SMARTS) is 4. The molecule has 0 bridgehead atoms. The van der Waals surface area contributed by atoms with E-state index in [0.717, 1.165) is 10.5 Å². The first kappa shape index (κ1) is 30.4. The zero-order valence-corrected chi connectivity index (χ0v) is 19.6. The minimum Gasteiger partial charge on any atom is -0.480 e. The van der Waals surface area contributed by atoms with E-state index >= 15 is 0 Å². The molecule has 0 amide bonds. The monoisotopic (exact) mass is 513 g/mol. The Labute approximate surface area is 207 Å². The fourth-order valence-corrected chi connectivity index (χ4v) is 3.24. The Balaban J connectivity index is 2.83. The second-order valence-corrected chi connectivity index (χ2v) is 7.73. The zero-order valence-electron chi connectivity index (χ0n) is 19.6. The molecule has 1 aromatic carbocycles. The number of carbonyl (C=O) groups excluding carboxylic acids is 1. The smallest absolute Gasteiger partial charge is 0.323 e. The van der Waals surface area contributed by atoms with Crippen LogP contribution in [0.1, 0.15) is 5.56 Å². The van der Waals surface area contributed by atoms with Crippen LogP contribution in [-0.4, -0.2) is 131 Å². The maximum Gasteiger partial charge on any atom is 0.323 e. The Kier molecular flexibility index (Phi) is 14.3. The van der Waals surface area contributed by atoms with E-state index in [2.05, 4.69) is 4.74 Å². The van der Waals surface area contributed by atoms with Crippen molar-refractivity contribution in [3.63, 3.8) is 0 Å². The van der Waals surface area contributed by atoms with Crippen molar-refractivity contribution < 1.29 is 53.9 Å². The third-order valence-electron chi connectivity index (χ3n) is 4.93. The van der Waals surface area contributed by atoms with Gasteiger partial charge in [-0.3, -0.25) is 38.7 Å². The average molecular weight is 514 g/mol. The van der Waals surface area contributed by atoms with Gasteiger partial charge in [0.2, 0.25) is 0 Å². The largest absolute Gasteiger partial charge is 0.480 e. The number of nitrogens with zero attached hydrogens (tertiary/aromatic N) is 3. The van der Waals surface area contributed by atoms with E-state index in [-0.39, 0.29) is 52.6 Å². The number of hydrogen-bond acceptors (Lipinski definition) is 10. The molecule has 0 aliphatic heterocycles. The molecule has 1 aromatic rings. The molecule has 0 saturated heterocycles. The molecule has 4 N–H and O–H groups in total. The molecule has 14 heteroatoms. The molecule has 1 unspecified atom stereocenters. The molecule has 1 atom stereocenters. The van der Waals surface area contributed by atoms with Gasteiger partial charge in [0.25, 0.3) is 6.47 Å². The van der Waals surface area contributed by atoms with Crippen LogP contribution < -0.4 is 0 Å². The fraction of sp³-hybridized carbons (Fsp3) is 0.500. The lowest BCUT2D eigenvalue weighted by Crippen LogP contribution is -2.50. The van der Waals surface area contributed by atoms with Crippen LogP contribution in [0.25, 0.3) is 0 Å². The highest BCUT2D eigenvalue weighted by molar-refractivity contribution is 5.75. The van der Waals surface area contributed by atoms with E-state index in [1.165, 1.54) is 9.80 Å². The number of benzene rings is 1. The van der Waals surface area contributed by atoms with Gasteiger partial charge in [-0.05, 0) is 5.56 Å². The molecule has 0 fully saturated rings. The van der Waals surface area contributed by atoms with Crippen LogP contribution in [0.2, 0.25) is 0 Å². The van der Waals surface area contributed by atoms with Crippen molar-refractivity contribution in [3.05, 3.63) is 35.9 Å². The second-order valence-electron chi connectivity index (χ2n) is 7.73. The quantitative estimate of drug-likeness (QED) is 0.115. The molecule has 200 valence electrons. The SMILES string of the molecule is O=COCN(CCN(CCN(CC(=O)O)C(COCc1ccccc1)C(=O)O)CC(=O)O)CC(=O)O. The van der Waals surface area contributed by atoms with Crippen LogP contribution in [0, 0.1) is 0 Å². The molecule has 0 aliphatic carbocycles. The first-order chi connectivity index (χ1) is 17.1. The molecule has 0 heterocycles. The van der Waals surface area contributed by atoms with E-state index < -0.39 is 49.6 Å². The van der Waals surface area contributed by atoms with Crippen molar-refractivity contribution in [2.75, 3.05) is 59.2 Å². The first-order valence-electron chi connectivity index (χ1n) is 10.9. The van der Waals surface area contributed by atoms with E-state index in [4.69, 9.17) is 9.84 Å². The standard InChI is InChI=1S/C22H31N3O11/c26-16-36-15-24(11-20(29)30)7-6-23(10-19(27)28)8-9-25(12-21(31)32)18(22(33)34)14-35-13-17-4-2-1-3-5-17/h1-5,16,18H,6-15H2,(H,27,28)(H,29,30)(H,31,32)(H,33,34). The van der Waals surface area contributed by atoms with Gasteiger partial charge in [0.15, 0.2) is 0 Å². The second kappa shape index (κ2) is 16.9. The molecule has 0 saturated carbocycles. The first-order valence-corrected chi connectivity index (χ1v) is 10.9. The summed E-state index contributed by atoms with van der Waals surface area (Å²) in [5.74, 6) is -4.93. The van der Waals surface area contributed by atoms with Crippen LogP contribution >= 0.6 is 0 Å². The number of rotatable bonds is 21. The van der Waals surface area contributed by atoms with Crippen molar-refractivity contribution in [2.24, 2.45) is 0 Å². The third-order valence-corrected chi connectivity index (χ3v) is 4.93. The number of hydrogen-bond donors (Lipinski definition) is 4. The highest BCUT2D eigenvalue weighted by Crippen LogP contribution is 2.07. The minimum atomic E-state index is -1.30. The lowest BCUT2D eigenvalue weighted by Gasteiger charge is -2.30.